The summed E-state index contributed by atoms with van der Waals surface area (Å²) in [6.07, 6.45) is 2.98. The minimum absolute atomic E-state index is 0.493. The maximum atomic E-state index is 5.82. The zero-order chi connectivity index (χ0) is 10.7. The van der Waals surface area contributed by atoms with Gasteiger partial charge < -0.3 is 4.74 Å². The molecular weight excluding hydrogens is 299 g/mol. The SMILES string of the molecule is Cc1ccc([C@H]2CC[C@@H](CI)OC2)cc1. The Labute approximate surface area is 105 Å². The molecule has 0 saturated carbocycles. The fourth-order valence-electron chi connectivity index (χ4n) is 2.03. The molecule has 1 aliphatic heterocycles. The summed E-state index contributed by atoms with van der Waals surface area (Å²) in [5.74, 6) is 0.616. The van der Waals surface area contributed by atoms with Crippen molar-refractivity contribution < 1.29 is 4.74 Å². The zero-order valence-electron chi connectivity index (χ0n) is 9.08. The third-order valence-electron chi connectivity index (χ3n) is 3.09. The summed E-state index contributed by atoms with van der Waals surface area (Å²) in [7, 11) is 0. The maximum Gasteiger partial charge on any atom is 0.0665 e. The van der Waals surface area contributed by atoms with E-state index in [2.05, 4.69) is 53.8 Å². The maximum absolute atomic E-state index is 5.82. The molecule has 2 rings (SSSR count). The van der Waals surface area contributed by atoms with E-state index in [0.29, 0.717) is 12.0 Å². The van der Waals surface area contributed by atoms with Gasteiger partial charge in [0.05, 0.1) is 12.7 Å². The predicted molar refractivity (Wildman–Crippen MR) is 71.8 cm³/mol. The van der Waals surface area contributed by atoms with Crippen LogP contribution in [-0.2, 0) is 4.74 Å². The highest BCUT2D eigenvalue weighted by atomic mass is 127. The van der Waals surface area contributed by atoms with Crippen LogP contribution in [0.25, 0.3) is 0 Å². The summed E-state index contributed by atoms with van der Waals surface area (Å²) in [5.41, 5.74) is 2.77. The first-order chi connectivity index (χ1) is 7.29. The molecule has 2 heteroatoms. The van der Waals surface area contributed by atoms with E-state index < -0.39 is 0 Å². The number of halogens is 1. The molecule has 1 saturated heterocycles. The van der Waals surface area contributed by atoms with E-state index in [4.69, 9.17) is 4.74 Å². The topological polar surface area (TPSA) is 9.23 Å². The van der Waals surface area contributed by atoms with Gasteiger partial charge in [-0.25, -0.2) is 0 Å². The van der Waals surface area contributed by atoms with Crippen LogP contribution >= 0.6 is 22.6 Å². The van der Waals surface area contributed by atoms with E-state index in [1.54, 1.807) is 0 Å². The molecule has 15 heavy (non-hydrogen) atoms. The van der Waals surface area contributed by atoms with Crippen LogP contribution in [0, 0.1) is 6.92 Å². The van der Waals surface area contributed by atoms with Crippen molar-refractivity contribution in [3.8, 4) is 0 Å². The van der Waals surface area contributed by atoms with Gasteiger partial charge in [0, 0.05) is 10.3 Å². The van der Waals surface area contributed by atoms with Crippen LogP contribution in [0.2, 0.25) is 0 Å². The van der Waals surface area contributed by atoms with Crippen molar-refractivity contribution >= 4 is 22.6 Å². The van der Waals surface area contributed by atoms with Gasteiger partial charge in [0.15, 0.2) is 0 Å². The Morgan fingerprint density at radius 3 is 2.53 bits per heavy atom. The van der Waals surface area contributed by atoms with Crippen molar-refractivity contribution in [1.29, 1.82) is 0 Å². The molecule has 0 unspecified atom stereocenters. The van der Waals surface area contributed by atoms with Gasteiger partial charge in [0.2, 0.25) is 0 Å². The fraction of sp³-hybridized carbons (Fsp3) is 0.538. The van der Waals surface area contributed by atoms with Crippen LogP contribution in [0.4, 0.5) is 0 Å². The lowest BCUT2D eigenvalue weighted by molar-refractivity contribution is 0.0201. The highest BCUT2D eigenvalue weighted by molar-refractivity contribution is 14.1. The molecule has 0 amide bonds. The summed E-state index contributed by atoms with van der Waals surface area (Å²) in [6, 6.07) is 8.88. The number of benzene rings is 1. The number of hydrogen-bond donors (Lipinski definition) is 0. The van der Waals surface area contributed by atoms with Gasteiger partial charge in [-0.1, -0.05) is 52.4 Å². The van der Waals surface area contributed by atoms with Crippen molar-refractivity contribution in [3.63, 3.8) is 0 Å². The molecular formula is C13H17IO. The highest BCUT2D eigenvalue weighted by Gasteiger charge is 2.21. The fourth-order valence-corrected chi connectivity index (χ4v) is 2.72. The van der Waals surface area contributed by atoms with Crippen molar-refractivity contribution in [2.24, 2.45) is 0 Å². The van der Waals surface area contributed by atoms with Crippen LogP contribution in [0.1, 0.15) is 29.9 Å². The van der Waals surface area contributed by atoms with Crippen LogP contribution in [0.15, 0.2) is 24.3 Å². The van der Waals surface area contributed by atoms with Crippen molar-refractivity contribution in [2.75, 3.05) is 11.0 Å². The summed E-state index contributed by atoms with van der Waals surface area (Å²) in [4.78, 5) is 0. The number of ether oxygens (including phenoxy) is 1. The number of rotatable bonds is 2. The molecule has 2 atom stereocenters. The molecule has 1 aromatic carbocycles. The Balaban J connectivity index is 1.98. The van der Waals surface area contributed by atoms with E-state index in [0.717, 1.165) is 11.0 Å². The molecule has 1 fully saturated rings. The summed E-state index contributed by atoms with van der Waals surface area (Å²) in [6.45, 7) is 3.03. The second-order valence-corrected chi connectivity index (χ2v) is 5.18. The first kappa shape index (κ1) is 11.4. The van der Waals surface area contributed by atoms with Crippen molar-refractivity contribution in [3.05, 3.63) is 35.4 Å². The standard InChI is InChI=1S/C13H17IO/c1-10-2-4-11(5-3-10)12-6-7-13(8-14)15-9-12/h2-5,12-13H,6-9H2,1H3/t12-,13-/m0/s1. The molecule has 0 radical (unpaired) electrons. The lowest BCUT2D eigenvalue weighted by Gasteiger charge is -2.28. The van der Waals surface area contributed by atoms with Crippen LogP contribution < -0.4 is 0 Å². The molecule has 1 aromatic rings. The minimum Gasteiger partial charge on any atom is -0.377 e. The second kappa shape index (κ2) is 5.30. The minimum atomic E-state index is 0.493. The second-order valence-electron chi connectivity index (χ2n) is 4.29. The van der Waals surface area contributed by atoms with E-state index in [9.17, 15) is 0 Å². The van der Waals surface area contributed by atoms with Crippen LogP contribution in [0.3, 0.4) is 0 Å². The first-order valence-electron chi connectivity index (χ1n) is 5.53. The molecule has 0 spiro atoms. The van der Waals surface area contributed by atoms with Gasteiger partial charge in [-0.2, -0.15) is 0 Å². The Morgan fingerprint density at radius 2 is 2.00 bits per heavy atom. The third kappa shape index (κ3) is 2.94. The van der Waals surface area contributed by atoms with Gasteiger partial charge >= 0.3 is 0 Å². The third-order valence-corrected chi connectivity index (χ3v) is 4.07. The average Bonchev–Trinajstić information content (AvgIpc) is 2.30. The average molecular weight is 316 g/mol. The predicted octanol–water partition coefficient (Wildman–Crippen LogP) is 3.69. The number of aryl methyl sites for hydroxylation is 1. The Morgan fingerprint density at radius 1 is 1.27 bits per heavy atom. The lowest BCUT2D eigenvalue weighted by atomic mass is 9.91. The molecule has 0 aliphatic carbocycles. The van der Waals surface area contributed by atoms with E-state index >= 15 is 0 Å². The van der Waals surface area contributed by atoms with Crippen molar-refractivity contribution in [2.45, 2.75) is 31.8 Å². The van der Waals surface area contributed by atoms with Crippen LogP contribution in [-0.4, -0.2) is 17.1 Å². The molecule has 0 N–H and O–H groups in total. The number of alkyl halides is 1. The van der Waals surface area contributed by atoms with Gasteiger partial charge in [-0.15, -0.1) is 0 Å². The smallest absolute Gasteiger partial charge is 0.0665 e. The molecule has 82 valence electrons. The van der Waals surface area contributed by atoms with Gasteiger partial charge in [-0.05, 0) is 25.3 Å². The first-order valence-corrected chi connectivity index (χ1v) is 7.06. The highest BCUT2D eigenvalue weighted by Crippen LogP contribution is 2.28. The molecule has 1 heterocycles. The number of hydrogen-bond acceptors (Lipinski definition) is 1. The largest absolute Gasteiger partial charge is 0.377 e. The Bertz CT molecular complexity index is 299. The van der Waals surface area contributed by atoms with E-state index in [1.165, 1.54) is 24.0 Å². The zero-order valence-corrected chi connectivity index (χ0v) is 11.2. The van der Waals surface area contributed by atoms with Gasteiger partial charge in [0.25, 0.3) is 0 Å². The normalized spacial score (nSPS) is 26.5. The summed E-state index contributed by atoms with van der Waals surface area (Å²) in [5, 5.41) is 0. The van der Waals surface area contributed by atoms with Gasteiger partial charge in [-0.3, -0.25) is 0 Å². The Kier molecular flexibility index (Phi) is 4.03. The van der Waals surface area contributed by atoms with Crippen molar-refractivity contribution in [1.82, 2.24) is 0 Å². The van der Waals surface area contributed by atoms with Crippen LogP contribution in [0.5, 0.6) is 0 Å². The summed E-state index contributed by atoms with van der Waals surface area (Å²) >= 11 is 2.41. The molecule has 1 nitrogen and oxygen atoms in total. The van der Waals surface area contributed by atoms with E-state index in [1.807, 2.05) is 0 Å². The molecule has 1 aliphatic rings. The van der Waals surface area contributed by atoms with E-state index in [-0.39, 0.29) is 0 Å². The lowest BCUT2D eigenvalue weighted by Crippen LogP contribution is -2.25. The Hall–Kier alpha value is -0.0900. The molecule has 0 bridgehead atoms. The van der Waals surface area contributed by atoms with Gasteiger partial charge in [0.1, 0.15) is 0 Å². The summed E-state index contributed by atoms with van der Waals surface area (Å²) < 4.78 is 6.94. The molecule has 0 aromatic heterocycles. The monoisotopic (exact) mass is 316 g/mol. The quantitative estimate of drug-likeness (QED) is 0.597.